The molecule has 0 atom stereocenters. The van der Waals surface area contributed by atoms with Crippen molar-refractivity contribution < 1.29 is 9.47 Å². The first kappa shape index (κ1) is 14.0. The molecule has 0 aliphatic carbocycles. The molecule has 0 aliphatic heterocycles. The molecule has 1 aromatic carbocycles. The molecule has 0 unspecified atom stereocenters. The molecule has 0 radical (unpaired) electrons. The molecule has 0 aliphatic rings. The highest BCUT2D eigenvalue weighted by Crippen LogP contribution is 2.17. The van der Waals surface area contributed by atoms with E-state index < -0.39 is 0 Å². The van der Waals surface area contributed by atoms with E-state index in [0.29, 0.717) is 0 Å². The van der Waals surface area contributed by atoms with Crippen LogP contribution in [0.1, 0.15) is 18.4 Å². The molecule has 0 heterocycles. The van der Waals surface area contributed by atoms with Crippen LogP contribution in [0, 0.1) is 0 Å². The van der Waals surface area contributed by atoms with Gasteiger partial charge in [0.1, 0.15) is 5.75 Å². The summed E-state index contributed by atoms with van der Waals surface area (Å²) in [5.41, 5.74) is 1.26. The Morgan fingerprint density at radius 3 is 2.65 bits per heavy atom. The van der Waals surface area contributed by atoms with E-state index in [-0.39, 0.29) is 0 Å². The van der Waals surface area contributed by atoms with Gasteiger partial charge in [-0.3, -0.25) is 0 Å². The van der Waals surface area contributed by atoms with E-state index in [9.17, 15) is 0 Å². The van der Waals surface area contributed by atoms with Gasteiger partial charge in [0.15, 0.2) is 0 Å². The van der Waals surface area contributed by atoms with Crippen molar-refractivity contribution in [2.45, 2.75) is 19.3 Å². The van der Waals surface area contributed by atoms with Crippen LogP contribution in [0.25, 0.3) is 0 Å². The molecular weight excluding hydrogens is 214 g/mol. The highest BCUT2D eigenvalue weighted by molar-refractivity contribution is 5.33. The van der Waals surface area contributed by atoms with Crippen LogP contribution in [0.2, 0.25) is 0 Å². The predicted octanol–water partition coefficient (Wildman–Crippen LogP) is 2.25. The van der Waals surface area contributed by atoms with Crippen molar-refractivity contribution in [3.63, 3.8) is 0 Å². The number of nitrogens with one attached hydrogen (secondary N) is 1. The molecule has 1 N–H and O–H groups in total. The van der Waals surface area contributed by atoms with Gasteiger partial charge in [-0.2, -0.15) is 0 Å². The molecule has 0 saturated carbocycles. The van der Waals surface area contributed by atoms with Crippen LogP contribution in [0.15, 0.2) is 24.3 Å². The highest BCUT2D eigenvalue weighted by Gasteiger charge is 2.00. The van der Waals surface area contributed by atoms with Crippen molar-refractivity contribution in [1.29, 1.82) is 0 Å². The van der Waals surface area contributed by atoms with E-state index in [1.54, 1.807) is 14.2 Å². The molecule has 0 spiro atoms. The normalized spacial score (nSPS) is 10.5. The zero-order valence-corrected chi connectivity index (χ0v) is 10.9. The zero-order valence-electron chi connectivity index (χ0n) is 10.9. The Morgan fingerprint density at radius 1 is 1.06 bits per heavy atom. The van der Waals surface area contributed by atoms with Crippen molar-refractivity contribution in [2.75, 3.05) is 33.9 Å². The van der Waals surface area contributed by atoms with Gasteiger partial charge in [0, 0.05) is 13.7 Å². The van der Waals surface area contributed by atoms with E-state index in [2.05, 4.69) is 17.4 Å². The van der Waals surface area contributed by atoms with Crippen molar-refractivity contribution >= 4 is 0 Å². The molecule has 0 amide bonds. The molecule has 0 fully saturated rings. The van der Waals surface area contributed by atoms with E-state index in [0.717, 1.165) is 38.3 Å². The maximum absolute atomic E-state index is 5.31. The van der Waals surface area contributed by atoms with Gasteiger partial charge < -0.3 is 14.8 Å². The number of ether oxygens (including phenoxy) is 2. The average molecular weight is 237 g/mol. The van der Waals surface area contributed by atoms with Crippen molar-refractivity contribution in [3.05, 3.63) is 29.8 Å². The first-order chi connectivity index (χ1) is 8.38. The zero-order chi connectivity index (χ0) is 12.3. The number of methoxy groups -OCH3 is 2. The Bertz CT molecular complexity index is 302. The van der Waals surface area contributed by atoms with E-state index >= 15 is 0 Å². The fourth-order valence-corrected chi connectivity index (χ4v) is 1.75. The largest absolute Gasteiger partial charge is 0.496 e. The Labute approximate surface area is 104 Å². The van der Waals surface area contributed by atoms with Gasteiger partial charge in [0.05, 0.1) is 7.11 Å². The third kappa shape index (κ3) is 5.71. The fraction of sp³-hybridized carbons (Fsp3) is 0.571. The van der Waals surface area contributed by atoms with Gasteiger partial charge in [0.25, 0.3) is 0 Å². The number of hydrogen-bond donors (Lipinski definition) is 1. The Balaban J connectivity index is 2.13. The molecule has 3 heteroatoms. The van der Waals surface area contributed by atoms with E-state index in [1.807, 2.05) is 12.1 Å². The minimum Gasteiger partial charge on any atom is -0.496 e. The van der Waals surface area contributed by atoms with E-state index in [1.165, 1.54) is 12.0 Å². The molecule has 96 valence electrons. The first-order valence-corrected chi connectivity index (χ1v) is 6.20. The summed E-state index contributed by atoms with van der Waals surface area (Å²) in [6.45, 7) is 2.90. The lowest BCUT2D eigenvalue weighted by Crippen LogP contribution is -2.19. The van der Waals surface area contributed by atoms with Crippen LogP contribution in [-0.4, -0.2) is 33.9 Å². The van der Waals surface area contributed by atoms with Crippen LogP contribution in [-0.2, 0) is 11.2 Å². The third-order valence-electron chi connectivity index (χ3n) is 2.72. The number of para-hydroxylation sites is 1. The fourth-order valence-electron chi connectivity index (χ4n) is 1.75. The van der Waals surface area contributed by atoms with Crippen molar-refractivity contribution in [2.24, 2.45) is 0 Å². The van der Waals surface area contributed by atoms with Crippen molar-refractivity contribution in [3.8, 4) is 5.75 Å². The molecular formula is C14H23NO2. The molecule has 0 bridgehead atoms. The smallest absolute Gasteiger partial charge is 0.122 e. The van der Waals surface area contributed by atoms with Gasteiger partial charge in [-0.05, 0) is 44.0 Å². The second-order valence-electron chi connectivity index (χ2n) is 4.01. The van der Waals surface area contributed by atoms with Gasteiger partial charge in [-0.1, -0.05) is 18.2 Å². The Hall–Kier alpha value is -1.06. The summed E-state index contributed by atoms with van der Waals surface area (Å²) in [4.78, 5) is 0. The minimum atomic E-state index is 0.855. The quantitative estimate of drug-likeness (QED) is 0.668. The molecule has 0 saturated heterocycles. The maximum atomic E-state index is 5.31. The Morgan fingerprint density at radius 2 is 1.88 bits per heavy atom. The lowest BCUT2D eigenvalue weighted by molar-refractivity contribution is 0.192. The monoisotopic (exact) mass is 237 g/mol. The van der Waals surface area contributed by atoms with Crippen LogP contribution < -0.4 is 10.1 Å². The standard InChI is InChI=1S/C14H23NO2/c1-16-12-6-5-10-15-11-9-13-7-3-4-8-14(13)17-2/h3-4,7-8,15H,5-6,9-12H2,1-2H3. The van der Waals surface area contributed by atoms with Crippen LogP contribution in [0.3, 0.4) is 0 Å². The summed E-state index contributed by atoms with van der Waals surface area (Å²) in [6, 6.07) is 8.18. The average Bonchev–Trinajstić information content (AvgIpc) is 2.38. The van der Waals surface area contributed by atoms with E-state index in [4.69, 9.17) is 9.47 Å². The second-order valence-corrected chi connectivity index (χ2v) is 4.01. The summed E-state index contributed by atoms with van der Waals surface area (Å²) in [5.74, 6) is 0.980. The lowest BCUT2D eigenvalue weighted by atomic mass is 10.1. The third-order valence-corrected chi connectivity index (χ3v) is 2.72. The summed E-state index contributed by atoms with van der Waals surface area (Å²) >= 11 is 0. The first-order valence-electron chi connectivity index (χ1n) is 6.20. The highest BCUT2D eigenvalue weighted by atomic mass is 16.5. The predicted molar refractivity (Wildman–Crippen MR) is 70.7 cm³/mol. The van der Waals surface area contributed by atoms with Gasteiger partial charge in [-0.25, -0.2) is 0 Å². The number of unbranched alkanes of at least 4 members (excludes halogenated alkanes) is 1. The number of hydrogen-bond acceptors (Lipinski definition) is 3. The molecule has 3 nitrogen and oxygen atoms in total. The van der Waals surface area contributed by atoms with Crippen LogP contribution >= 0.6 is 0 Å². The SMILES string of the molecule is COCCCCNCCc1ccccc1OC. The second kappa shape index (κ2) is 9.02. The van der Waals surface area contributed by atoms with Gasteiger partial charge in [-0.15, -0.1) is 0 Å². The number of benzene rings is 1. The molecule has 17 heavy (non-hydrogen) atoms. The lowest BCUT2D eigenvalue weighted by Gasteiger charge is -2.08. The van der Waals surface area contributed by atoms with Crippen LogP contribution in [0.5, 0.6) is 5.75 Å². The summed E-state index contributed by atoms with van der Waals surface area (Å²) < 4.78 is 10.3. The summed E-state index contributed by atoms with van der Waals surface area (Å²) in [7, 11) is 3.46. The topological polar surface area (TPSA) is 30.5 Å². The minimum absolute atomic E-state index is 0.855. The maximum Gasteiger partial charge on any atom is 0.122 e. The number of rotatable bonds is 9. The van der Waals surface area contributed by atoms with Crippen LogP contribution in [0.4, 0.5) is 0 Å². The van der Waals surface area contributed by atoms with Crippen molar-refractivity contribution in [1.82, 2.24) is 5.32 Å². The molecule has 0 aromatic heterocycles. The molecule has 1 aromatic rings. The Kier molecular flexibility index (Phi) is 7.43. The summed E-state index contributed by atoms with van der Waals surface area (Å²) in [6.07, 6.45) is 3.30. The summed E-state index contributed by atoms with van der Waals surface area (Å²) in [5, 5.41) is 3.43. The molecule has 1 rings (SSSR count). The van der Waals surface area contributed by atoms with Gasteiger partial charge in [0.2, 0.25) is 0 Å². The van der Waals surface area contributed by atoms with Gasteiger partial charge >= 0.3 is 0 Å².